The normalized spacial score (nSPS) is 16.9. The molecular formula is C20H21N3O5S3. The van der Waals surface area contributed by atoms with Crippen LogP contribution in [0.25, 0.3) is 11.3 Å². The summed E-state index contributed by atoms with van der Waals surface area (Å²) in [7, 11) is -0.541. The SMILES string of the molecule is COc1ccc(OC)c(-c2csc(NC(=O)C3CCCN3S(=O)(=O)c3cccs3)n2)c1. The van der Waals surface area contributed by atoms with Gasteiger partial charge in [0.1, 0.15) is 21.8 Å². The maximum atomic E-state index is 12.9. The van der Waals surface area contributed by atoms with Gasteiger partial charge in [-0.05, 0) is 42.5 Å². The fraction of sp³-hybridized carbons (Fsp3) is 0.300. The Morgan fingerprint density at radius 1 is 1.23 bits per heavy atom. The van der Waals surface area contributed by atoms with Gasteiger partial charge in [0.25, 0.3) is 10.0 Å². The van der Waals surface area contributed by atoms with E-state index in [1.807, 2.05) is 11.4 Å². The molecule has 0 bridgehead atoms. The van der Waals surface area contributed by atoms with Crippen molar-refractivity contribution in [2.45, 2.75) is 23.1 Å². The highest BCUT2D eigenvalue weighted by Crippen LogP contribution is 2.35. The van der Waals surface area contributed by atoms with Crippen LogP contribution in [-0.4, -0.2) is 50.4 Å². The van der Waals surface area contributed by atoms with Crippen molar-refractivity contribution < 1.29 is 22.7 Å². The van der Waals surface area contributed by atoms with E-state index in [0.29, 0.717) is 41.7 Å². The third-order valence-corrected chi connectivity index (χ3v) is 9.02. The number of nitrogens with one attached hydrogen (secondary N) is 1. The molecule has 1 atom stereocenters. The summed E-state index contributed by atoms with van der Waals surface area (Å²) in [5.41, 5.74) is 1.37. The molecule has 8 nitrogen and oxygen atoms in total. The predicted octanol–water partition coefficient (Wildman–Crippen LogP) is 3.68. The molecule has 4 rings (SSSR count). The van der Waals surface area contributed by atoms with Gasteiger partial charge in [0.2, 0.25) is 5.91 Å². The minimum absolute atomic E-state index is 0.244. The molecule has 3 heterocycles. The summed E-state index contributed by atoms with van der Waals surface area (Å²) in [5.74, 6) is 0.916. The summed E-state index contributed by atoms with van der Waals surface area (Å²) in [6, 6.07) is 7.88. The summed E-state index contributed by atoms with van der Waals surface area (Å²) in [6.07, 6.45) is 1.10. The van der Waals surface area contributed by atoms with Crippen molar-refractivity contribution in [3.63, 3.8) is 0 Å². The van der Waals surface area contributed by atoms with Gasteiger partial charge in [0.05, 0.1) is 19.9 Å². The second kappa shape index (κ2) is 8.95. The first kappa shape index (κ1) is 21.8. The van der Waals surface area contributed by atoms with E-state index in [-0.39, 0.29) is 10.1 Å². The van der Waals surface area contributed by atoms with Gasteiger partial charge in [-0.25, -0.2) is 13.4 Å². The highest BCUT2D eigenvalue weighted by atomic mass is 32.2. The second-order valence-corrected chi connectivity index (χ2v) is 10.7. The molecule has 1 aliphatic heterocycles. The Kier molecular flexibility index (Phi) is 6.28. The molecule has 2 aromatic heterocycles. The Bertz CT molecular complexity index is 1170. The van der Waals surface area contributed by atoms with Gasteiger partial charge in [-0.15, -0.1) is 22.7 Å². The van der Waals surface area contributed by atoms with Crippen LogP contribution < -0.4 is 14.8 Å². The van der Waals surface area contributed by atoms with Gasteiger partial charge in [-0.3, -0.25) is 4.79 Å². The molecule has 1 aromatic carbocycles. The molecule has 0 saturated carbocycles. The molecule has 1 amide bonds. The first-order chi connectivity index (χ1) is 14.9. The lowest BCUT2D eigenvalue weighted by molar-refractivity contribution is -0.119. The summed E-state index contributed by atoms with van der Waals surface area (Å²) < 4.78 is 38.0. The number of amides is 1. The standard InChI is InChI=1S/C20H21N3O5S3/c1-27-13-7-8-17(28-2)14(11-13)15-12-30-20(21-15)22-19(24)16-5-3-9-23(16)31(25,26)18-6-4-10-29-18/h4,6-8,10-12,16H,3,5,9H2,1-2H3,(H,21,22,24). The van der Waals surface area contributed by atoms with Crippen molar-refractivity contribution in [3.8, 4) is 22.8 Å². The van der Waals surface area contributed by atoms with Gasteiger partial charge in [-0.1, -0.05) is 6.07 Å². The van der Waals surface area contributed by atoms with Gasteiger partial charge < -0.3 is 14.8 Å². The zero-order valence-corrected chi connectivity index (χ0v) is 19.4. The molecule has 11 heteroatoms. The third kappa shape index (κ3) is 4.31. The van der Waals surface area contributed by atoms with Crippen molar-refractivity contribution in [3.05, 3.63) is 41.1 Å². The highest BCUT2D eigenvalue weighted by molar-refractivity contribution is 7.91. The first-order valence-electron chi connectivity index (χ1n) is 9.48. The van der Waals surface area contributed by atoms with E-state index in [1.54, 1.807) is 43.9 Å². The number of anilines is 1. The van der Waals surface area contributed by atoms with Crippen molar-refractivity contribution in [1.82, 2.24) is 9.29 Å². The number of sulfonamides is 1. The second-order valence-electron chi connectivity index (χ2n) is 6.80. The van der Waals surface area contributed by atoms with Crippen molar-refractivity contribution in [2.24, 2.45) is 0 Å². The molecule has 0 radical (unpaired) electrons. The maximum Gasteiger partial charge on any atom is 0.253 e. The highest BCUT2D eigenvalue weighted by Gasteiger charge is 2.40. The van der Waals surface area contributed by atoms with E-state index in [2.05, 4.69) is 10.3 Å². The summed E-state index contributed by atoms with van der Waals surface area (Å²) in [6.45, 7) is 0.322. The Morgan fingerprint density at radius 3 is 2.77 bits per heavy atom. The number of thiophene rings is 1. The van der Waals surface area contributed by atoms with E-state index < -0.39 is 16.1 Å². The molecule has 1 saturated heterocycles. The van der Waals surface area contributed by atoms with Crippen LogP contribution in [0.1, 0.15) is 12.8 Å². The molecule has 1 unspecified atom stereocenters. The minimum Gasteiger partial charge on any atom is -0.497 e. The summed E-state index contributed by atoms with van der Waals surface area (Å²) >= 11 is 2.41. The fourth-order valence-corrected chi connectivity index (χ4v) is 6.96. The van der Waals surface area contributed by atoms with Crippen LogP contribution in [0.2, 0.25) is 0 Å². The Morgan fingerprint density at radius 2 is 2.06 bits per heavy atom. The van der Waals surface area contributed by atoms with E-state index in [9.17, 15) is 13.2 Å². The molecule has 164 valence electrons. The number of carbonyl (C=O) groups is 1. The summed E-state index contributed by atoms with van der Waals surface area (Å²) in [5, 5.41) is 6.69. The van der Waals surface area contributed by atoms with Gasteiger partial charge in [0.15, 0.2) is 5.13 Å². The van der Waals surface area contributed by atoms with Gasteiger partial charge >= 0.3 is 0 Å². The first-order valence-corrected chi connectivity index (χ1v) is 12.7. The lowest BCUT2D eigenvalue weighted by Crippen LogP contribution is -2.42. The lowest BCUT2D eigenvalue weighted by Gasteiger charge is -2.22. The number of hydrogen-bond donors (Lipinski definition) is 1. The quantitative estimate of drug-likeness (QED) is 0.555. The molecule has 1 N–H and O–H groups in total. The molecule has 0 spiro atoms. The number of rotatable bonds is 7. The van der Waals surface area contributed by atoms with Crippen molar-refractivity contribution >= 4 is 43.7 Å². The number of methoxy groups -OCH3 is 2. The van der Waals surface area contributed by atoms with Crippen LogP contribution in [0.5, 0.6) is 11.5 Å². The van der Waals surface area contributed by atoms with Gasteiger partial charge in [-0.2, -0.15) is 4.31 Å². The van der Waals surface area contributed by atoms with Crippen LogP contribution >= 0.6 is 22.7 Å². The Balaban J connectivity index is 1.53. The topological polar surface area (TPSA) is 97.8 Å². The molecule has 31 heavy (non-hydrogen) atoms. The Hall–Kier alpha value is -2.47. The van der Waals surface area contributed by atoms with Gasteiger partial charge in [0, 0.05) is 17.5 Å². The molecular weight excluding hydrogens is 458 g/mol. The number of nitrogens with zero attached hydrogens (tertiary/aromatic N) is 2. The number of aromatic nitrogens is 1. The molecule has 0 aliphatic carbocycles. The monoisotopic (exact) mass is 479 g/mol. The Labute approximate surface area is 188 Å². The number of ether oxygens (including phenoxy) is 2. The largest absolute Gasteiger partial charge is 0.497 e. The molecule has 1 fully saturated rings. The van der Waals surface area contributed by atoms with Crippen LogP contribution in [0.3, 0.4) is 0 Å². The summed E-state index contributed by atoms with van der Waals surface area (Å²) in [4.78, 5) is 17.4. The zero-order chi connectivity index (χ0) is 22.0. The third-order valence-electron chi connectivity index (χ3n) is 4.98. The molecule has 3 aromatic rings. The number of benzene rings is 1. The number of thiazole rings is 1. The van der Waals surface area contributed by atoms with Crippen LogP contribution in [-0.2, 0) is 14.8 Å². The van der Waals surface area contributed by atoms with Crippen LogP contribution in [0, 0.1) is 0 Å². The van der Waals surface area contributed by atoms with Crippen LogP contribution in [0.15, 0.2) is 45.3 Å². The van der Waals surface area contributed by atoms with Crippen molar-refractivity contribution in [1.29, 1.82) is 0 Å². The minimum atomic E-state index is -3.69. The van der Waals surface area contributed by atoms with Crippen LogP contribution in [0.4, 0.5) is 5.13 Å². The van der Waals surface area contributed by atoms with E-state index in [1.165, 1.54) is 15.6 Å². The predicted molar refractivity (Wildman–Crippen MR) is 121 cm³/mol. The average Bonchev–Trinajstić information content (AvgIpc) is 3.54. The average molecular weight is 480 g/mol. The van der Waals surface area contributed by atoms with E-state index in [4.69, 9.17) is 9.47 Å². The van der Waals surface area contributed by atoms with E-state index >= 15 is 0 Å². The molecule has 1 aliphatic rings. The number of carbonyl (C=O) groups excluding carboxylic acids is 1. The smallest absolute Gasteiger partial charge is 0.253 e. The van der Waals surface area contributed by atoms with E-state index in [0.717, 1.165) is 16.9 Å². The zero-order valence-electron chi connectivity index (χ0n) is 16.9. The van der Waals surface area contributed by atoms with Crippen molar-refractivity contribution in [2.75, 3.05) is 26.1 Å². The number of hydrogen-bond acceptors (Lipinski definition) is 8. The maximum absolute atomic E-state index is 12.9. The fourth-order valence-electron chi connectivity index (χ4n) is 3.47. The lowest BCUT2D eigenvalue weighted by atomic mass is 10.1.